The van der Waals surface area contributed by atoms with Crippen LogP contribution in [0.3, 0.4) is 0 Å². The Morgan fingerprint density at radius 3 is 2.65 bits per heavy atom. The summed E-state index contributed by atoms with van der Waals surface area (Å²) in [6, 6.07) is 5.37. The highest BCUT2D eigenvalue weighted by atomic mass is 35.5. The second-order valence-electron chi connectivity index (χ2n) is 4.51. The molecule has 2 aromatic rings. The maximum absolute atomic E-state index is 11.3. The Balaban J connectivity index is 2.59. The largest absolute Gasteiger partial charge is 0.478 e. The summed E-state index contributed by atoms with van der Waals surface area (Å²) in [6.07, 6.45) is 1.36. The van der Waals surface area contributed by atoms with Crippen LogP contribution in [0.2, 0.25) is 10.2 Å². The first kappa shape index (κ1) is 14.9. The number of carboxylic acids is 1. The van der Waals surface area contributed by atoms with Gasteiger partial charge < -0.3 is 5.11 Å². The Kier molecular flexibility index (Phi) is 4.35. The van der Waals surface area contributed by atoms with E-state index >= 15 is 0 Å². The molecule has 0 spiro atoms. The molecule has 0 unspecified atom stereocenters. The number of aryl methyl sites for hydroxylation is 2. The van der Waals surface area contributed by atoms with Gasteiger partial charge in [0.1, 0.15) is 10.7 Å². The summed E-state index contributed by atoms with van der Waals surface area (Å²) in [5.41, 5.74) is 2.13. The molecular weight excluding hydrogens is 299 g/mol. The van der Waals surface area contributed by atoms with Gasteiger partial charge in [0.25, 0.3) is 0 Å². The zero-order valence-electron chi connectivity index (χ0n) is 11.2. The predicted molar refractivity (Wildman–Crippen MR) is 79.3 cm³/mol. The van der Waals surface area contributed by atoms with Crippen molar-refractivity contribution in [1.29, 1.82) is 0 Å². The highest BCUT2D eigenvalue weighted by Crippen LogP contribution is 2.27. The van der Waals surface area contributed by atoms with Crippen molar-refractivity contribution in [2.45, 2.75) is 26.7 Å². The van der Waals surface area contributed by atoms with E-state index in [1.807, 2.05) is 19.9 Å². The van der Waals surface area contributed by atoms with E-state index in [1.165, 1.54) is 4.68 Å². The summed E-state index contributed by atoms with van der Waals surface area (Å²) in [5, 5.41) is 14.3. The van der Waals surface area contributed by atoms with Gasteiger partial charge in [0.05, 0.1) is 11.4 Å². The minimum absolute atomic E-state index is 0.0604. The lowest BCUT2D eigenvalue weighted by atomic mass is 10.2. The zero-order valence-corrected chi connectivity index (χ0v) is 12.7. The minimum atomic E-state index is -1.07. The van der Waals surface area contributed by atoms with E-state index in [9.17, 15) is 9.90 Å². The molecule has 1 aromatic heterocycles. The molecule has 0 saturated carbocycles. The molecular formula is C14H14Cl2N2O2. The molecule has 1 heterocycles. The summed E-state index contributed by atoms with van der Waals surface area (Å²) in [4.78, 5) is 11.3. The van der Waals surface area contributed by atoms with Crippen molar-refractivity contribution in [3.63, 3.8) is 0 Å². The Labute approximate surface area is 126 Å². The monoisotopic (exact) mass is 312 g/mol. The number of hydrogen-bond acceptors (Lipinski definition) is 2. The van der Waals surface area contributed by atoms with Crippen LogP contribution in [0.25, 0.3) is 5.69 Å². The third-order valence-corrected chi connectivity index (χ3v) is 3.76. The van der Waals surface area contributed by atoms with Gasteiger partial charge in [-0.3, -0.25) is 0 Å². The first-order chi connectivity index (χ1) is 9.45. The third kappa shape index (κ3) is 2.67. The molecule has 1 aromatic carbocycles. The molecule has 0 amide bonds. The quantitative estimate of drug-likeness (QED) is 0.923. The maximum Gasteiger partial charge on any atom is 0.340 e. The van der Waals surface area contributed by atoms with Crippen LogP contribution in [0.5, 0.6) is 0 Å². The number of nitrogens with zero attached hydrogens (tertiary/aromatic N) is 2. The fourth-order valence-electron chi connectivity index (χ4n) is 1.95. The highest BCUT2D eigenvalue weighted by molar-refractivity contribution is 6.33. The Morgan fingerprint density at radius 1 is 1.40 bits per heavy atom. The lowest BCUT2D eigenvalue weighted by Crippen LogP contribution is -2.00. The van der Waals surface area contributed by atoms with Gasteiger partial charge in [-0.05, 0) is 31.0 Å². The number of aromatic nitrogens is 2. The van der Waals surface area contributed by atoms with E-state index in [4.69, 9.17) is 23.2 Å². The number of aromatic carboxylic acids is 1. The number of carbonyl (C=O) groups is 1. The van der Waals surface area contributed by atoms with Crippen molar-refractivity contribution < 1.29 is 9.90 Å². The lowest BCUT2D eigenvalue weighted by molar-refractivity contribution is 0.0696. The van der Waals surface area contributed by atoms with Crippen molar-refractivity contribution in [2.24, 2.45) is 0 Å². The van der Waals surface area contributed by atoms with Crippen LogP contribution in [0.1, 0.15) is 35.0 Å². The fraction of sp³-hybridized carbons (Fsp3) is 0.286. The van der Waals surface area contributed by atoms with Crippen LogP contribution in [-0.2, 0) is 6.42 Å². The summed E-state index contributed by atoms with van der Waals surface area (Å²) < 4.78 is 1.42. The fourth-order valence-corrected chi connectivity index (χ4v) is 2.45. The molecule has 2 rings (SSSR count). The maximum atomic E-state index is 11.3. The van der Waals surface area contributed by atoms with Crippen LogP contribution in [-0.4, -0.2) is 20.9 Å². The van der Waals surface area contributed by atoms with Crippen molar-refractivity contribution in [1.82, 2.24) is 9.78 Å². The Bertz CT molecular complexity index is 665. The van der Waals surface area contributed by atoms with Gasteiger partial charge in [0.2, 0.25) is 0 Å². The van der Waals surface area contributed by atoms with Crippen LogP contribution in [0, 0.1) is 6.92 Å². The molecule has 106 valence electrons. The summed E-state index contributed by atoms with van der Waals surface area (Å²) in [5.74, 6) is -1.07. The van der Waals surface area contributed by atoms with Gasteiger partial charge in [-0.1, -0.05) is 42.6 Å². The molecule has 4 nitrogen and oxygen atoms in total. The van der Waals surface area contributed by atoms with Crippen molar-refractivity contribution in [3.8, 4) is 5.69 Å². The predicted octanol–water partition coefficient (Wildman–Crippen LogP) is 4.14. The Morgan fingerprint density at radius 2 is 2.10 bits per heavy atom. The van der Waals surface area contributed by atoms with Crippen molar-refractivity contribution in [3.05, 3.63) is 45.2 Å². The standard InChI is InChI=1S/C14H14Cl2N2O2/c1-3-4-11-12(14(19)20)13(16)18(17-11)9-6-5-8(2)10(15)7-9/h5-7H,3-4H2,1-2H3,(H,19,20). The van der Waals surface area contributed by atoms with E-state index in [1.54, 1.807) is 12.1 Å². The van der Waals surface area contributed by atoms with Gasteiger partial charge in [0.15, 0.2) is 0 Å². The average Bonchev–Trinajstić information content (AvgIpc) is 2.70. The van der Waals surface area contributed by atoms with E-state index < -0.39 is 5.97 Å². The molecule has 0 atom stereocenters. The first-order valence-electron chi connectivity index (χ1n) is 6.23. The van der Waals surface area contributed by atoms with Crippen molar-refractivity contribution >= 4 is 29.2 Å². The van der Waals surface area contributed by atoms with Crippen LogP contribution in [0.4, 0.5) is 0 Å². The van der Waals surface area contributed by atoms with Crippen LogP contribution in [0.15, 0.2) is 18.2 Å². The van der Waals surface area contributed by atoms with E-state index in [0.29, 0.717) is 22.8 Å². The average molecular weight is 313 g/mol. The van der Waals surface area contributed by atoms with E-state index in [0.717, 1.165) is 12.0 Å². The summed E-state index contributed by atoms with van der Waals surface area (Å²) >= 11 is 12.2. The molecule has 20 heavy (non-hydrogen) atoms. The molecule has 0 saturated heterocycles. The molecule has 0 fully saturated rings. The van der Waals surface area contributed by atoms with Gasteiger partial charge in [-0.25, -0.2) is 9.48 Å². The van der Waals surface area contributed by atoms with Crippen LogP contribution >= 0.6 is 23.2 Å². The molecule has 0 radical (unpaired) electrons. The molecule has 1 N–H and O–H groups in total. The molecule has 0 bridgehead atoms. The normalized spacial score (nSPS) is 10.8. The number of halogens is 2. The number of hydrogen-bond donors (Lipinski definition) is 1. The number of benzene rings is 1. The Hall–Kier alpha value is -1.52. The zero-order chi connectivity index (χ0) is 14.9. The lowest BCUT2D eigenvalue weighted by Gasteiger charge is -2.05. The number of rotatable bonds is 4. The van der Waals surface area contributed by atoms with E-state index in [-0.39, 0.29) is 10.7 Å². The van der Waals surface area contributed by atoms with Gasteiger partial charge in [-0.15, -0.1) is 0 Å². The number of carboxylic acid groups (broad SMARTS) is 1. The second-order valence-corrected chi connectivity index (χ2v) is 5.28. The molecule has 6 heteroatoms. The second kappa shape index (κ2) is 5.85. The summed E-state index contributed by atoms with van der Waals surface area (Å²) in [6.45, 7) is 3.85. The highest BCUT2D eigenvalue weighted by Gasteiger charge is 2.22. The van der Waals surface area contributed by atoms with E-state index in [2.05, 4.69) is 5.10 Å². The van der Waals surface area contributed by atoms with Gasteiger partial charge in [-0.2, -0.15) is 5.10 Å². The molecule has 0 aliphatic rings. The molecule has 0 aliphatic heterocycles. The topological polar surface area (TPSA) is 55.1 Å². The van der Waals surface area contributed by atoms with Crippen molar-refractivity contribution in [2.75, 3.05) is 0 Å². The van der Waals surface area contributed by atoms with Crippen LogP contribution < -0.4 is 0 Å². The smallest absolute Gasteiger partial charge is 0.340 e. The van der Waals surface area contributed by atoms with Gasteiger partial charge in [0, 0.05) is 5.02 Å². The third-order valence-electron chi connectivity index (χ3n) is 3.00. The minimum Gasteiger partial charge on any atom is -0.478 e. The first-order valence-corrected chi connectivity index (χ1v) is 6.98. The van der Waals surface area contributed by atoms with Gasteiger partial charge >= 0.3 is 5.97 Å². The summed E-state index contributed by atoms with van der Waals surface area (Å²) in [7, 11) is 0. The SMILES string of the molecule is CCCc1nn(-c2ccc(C)c(Cl)c2)c(Cl)c1C(=O)O. The molecule has 0 aliphatic carbocycles.